The Hall–Kier alpha value is -1.26. The smallest absolute Gasteiger partial charge is 0.0727 e. The summed E-state index contributed by atoms with van der Waals surface area (Å²) in [6.07, 6.45) is 9.13. The Morgan fingerprint density at radius 3 is 2.81 bits per heavy atom. The van der Waals surface area contributed by atoms with Crippen LogP contribution in [0.4, 0.5) is 0 Å². The Balaban J connectivity index is 2.01. The molecule has 2 heterocycles. The van der Waals surface area contributed by atoms with E-state index in [1.807, 2.05) is 19.3 Å². The summed E-state index contributed by atoms with van der Waals surface area (Å²) in [6.45, 7) is 9.28. The van der Waals surface area contributed by atoms with Crippen molar-refractivity contribution in [2.75, 3.05) is 19.7 Å². The second-order valence-corrected chi connectivity index (χ2v) is 6.61. The minimum absolute atomic E-state index is 0.00758. The molecule has 0 aromatic carbocycles. The van der Waals surface area contributed by atoms with Crippen LogP contribution in [0, 0.1) is 12.3 Å². The van der Waals surface area contributed by atoms with E-state index in [4.69, 9.17) is 0 Å². The van der Waals surface area contributed by atoms with Gasteiger partial charge in [-0.05, 0) is 46.6 Å². The fourth-order valence-corrected chi connectivity index (χ4v) is 2.96. The molecule has 0 unspecified atom stereocenters. The van der Waals surface area contributed by atoms with Gasteiger partial charge in [-0.1, -0.05) is 11.6 Å². The quantitative estimate of drug-likeness (QED) is 0.847. The first kappa shape index (κ1) is 16.1. The molecule has 1 fully saturated rings. The highest BCUT2D eigenvalue weighted by Crippen LogP contribution is 2.34. The van der Waals surface area contributed by atoms with Gasteiger partial charge in [0.25, 0.3) is 0 Å². The van der Waals surface area contributed by atoms with Crippen molar-refractivity contribution in [1.29, 1.82) is 0 Å². The molecule has 0 saturated carbocycles. The highest BCUT2D eigenvalue weighted by Gasteiger charge is 2.34. The molecule has 0 radical (unpaired) electrons. The molecule has 1 aliphatic heterocycles. The zero-order valence-electron chi connectivity index (χ0n) is 13.5. The fraction of sp³-hybridized carbons (Fsp3) is 0.647. The van der Waals surface area contributed by atoms with Gasteiger partial charge in [0.15, 0.2) is 0 Å². The summed E-state index contributed by atoms with van der Waals surface area (Å²) < 4.78 is 0. The van der Waals surface area contributed by atoms with Crippen molar-refractivity contribution in [2.45, 2.75) is 46.6 Å². The van der Waals surface area contributed by atoms with E-state index >= 15 is 0 Å². The van der Waals surface area contributed by atoms with Gasteiger partial charge in [0.2, 0.25) is 0 Å². The molecule has 4 nitrogen and oxygen atoms in total. The minimum atomic E-state index is 0.00758. The van der Waals surface area contributed by atoms with Crippen LogP contribution in [0.25, 0.3) is 0 Å². The van der Waals surface area contributed by atoms with Crippen molar-refractivity contribution in [2.24, 2.45) is 5.41 Å². The summed E-state index contributed by atoms with van der Waals surface area (Å²) in [5, 5.41) is 9.89. The minimum Gasteiger partial charge on any atom is -0.396 e. The number of rotatable bonds is 5. The molecule has 2 rings (SSSR count). The number of piperidine rings is 1. The van der Waals surface area contributed by atoms with Crippen LogP contribution in [-0.2, 0) is 6.54 Å². The van der Waals surface area contributed by atoms with Crippen molar-refractivity contribution in [3.05, 3.63) is 35.4 Å². The Labute approximate surface area is 127 Å². The van der Waals surface area contributed by atoms with Gasteiger partial charge in [0.1, 0.15) is 0 Å². The first-order valence-corrected chi connectivity index (χ1v) is 7.77. The van der Waals surface area contributed by atoms with Crippen LogP contribution in [0.3, 0.4) is 0 Å². The van der Waals surface area contributed by atoms with Crippen molar-refractivity contribution in [3.8, 4) is 0 Å². The van der Waals surface area contributed by atoms with Gasteiger partial charge in [-0.3, -0.25) is 14.9 Å². The van der Waals surface area contributed by atoms with E-state index in [9.17, 15) is 5.11 Å². The van der Waals surface area contributed by atoms with Gasteiger partial charge >= 0.3 is 0 Å². The summed E-state index contributed by atoms with van der Waals surface area (Å²) in [5.41, 5.74) is 3.29. The highest BCUT2D eigenvalue weighted by atomic mass is 16.3. The summed E-state index contributed by atoms with van der Waals surface area (Å²) in [7, 11) is 0. The lowest BCUT2D eigenvalue weighted by atomic mass is 9.77. The molecule has 1 aliphatic rings. The van der Waals surface area contributed by atoms with Gasteiger partial charge in [0.05, 0.1) is 18.0 Å². The molecule has 1 saturated heterocycles. The Morgan fingerprint density at radius 2 is 2.19 bits per heavy atom. The first-order chi connectivity index (χ1) is 10.0. The third kappa shape index (κ3) is 4.61. The average Bonchev–Trinajstić information content (AvgIpc) is 2.48. The maximum absolute atomic E-state index is 9.89. The number of hydrogen-bond acceptors (Lipinski definition) is 4. The van der Waals surface area contributed by atoms with Gasteiger partial charge in [-0.25, -0.2) is 0 Å². The number of aryl methyl sites for hydroxylation is 1. The molecule has 1 aromatic rings. The van der Waals surface area contributed by atoms with Crippen LogP contribution < -0.4 is 0 Å². The molecule has 0 aliphatic carbocycles. The number of likely N-dealkylation sites (tertiary alicyclic amines) is 1. The van der Waals surface area contributed by atoms with Crippen LogP contribution in [0.2, 0.25) is 0 Å². The van der Waals surface area contributed by atoms with E-state index in [0.29, 0.717) is 0 Å². The van der Waals surface area contributed by atoms with Gasteiger partial charge < -0.3 is 5.11 Å². The van der Waals surface area contributed by atoms with Crippen LogP contribution in [0.1, 0.15) is 44.5 Å². The SMILES string of the molecule is CC(C)=CC[C@@]1(CO)CCCN(Cc2cnc(C)cn2)C1. The maximum atomic E-state index is 9.89. The molecule has 0 amide bonds. The van der Waals surface area contributed by atoms with Crippen LogP contribution in [0.15, 0.2) is 24.0 Å². The summed E-state index contributed by atoms with van der Waals surface area (Å²) >= 11 is 0. The molecule has 1 aromatic heterocycles. The highest BCUT2D eigenvalue weighted by molar-refractivity contribution is 5.03. The van der Waals surface area contributed by atoms with Crippen molar-refractivity contribution in [3.63, 3.8) is 0 Å². The summed E-state index contributed by atoms with van der Waals surface area (Å²) in [4.78, 5) is 11.2. The van der Waals surface area contributed by atoms with Crippen molar-refractivity contribution < 1.29 is 5.11 Å². The molecule has 0 spiro atoms. The lowest BCUT2D eigenvalue weighted by Gasteiger charge is -2.41. The largest absolute Gasteiger partial charge is 0.396 e. The molecule has 116 valence electrons. The number of nitrogens with zero attached hydrogens (tertiary/aromatic N) is 3. The lowest BCUT2D eigenvalue weighted by molar-refractivity contribution is 0.0301. The molecule has 1 N–H and O–H groups in total. The molecule has 1 atom stereocenters. The monoisotopic (exact) mass is 289 g/mol. The molecule has 0 bridgehead atoms. The third-order valence-electron chi connectivity index (χ3n) is 4.24. The number of hydrogen-bond donors (Lipinski definition) is 1. The fourth-order valence-electron chi connectivity index (χ4n) is 2.96. The second-order valence-electron chi connectivity index (χ2n) is 6.61. The van der Waals surface area contributed by atoms with Crippen LogP contribution in [-0.4, -0.2) is 39.7 Å². The zero-order valence-corrected chi connectivity index (χ0v) is 13.5. The van der Waals surface area contributed by atoms with E-state index in [-0.39, 0.29) is 12.0 Å². The normalized spacial score (nSPS) is 23.0. The van der Waals surface area contributed by atoms with E-state index in [1.165, 1.54) is 5.57 Å². The maximum Gasteiger partial charge on any atom is 0.0727 e. The molecular weight excluding hydrogens is 262 g/mol. The van der Waals surface area contributed by atoms with Crippen LogP contribution in [0.5, 0.6) is 0 Å². The predicted octanol–water partition coefficient (Wildman–Crippen LogP) is 2.72. The second kappa shape index (κ2) is 7.14. The summed E-state index contributed by atoms with van der Waals surface area (Å²) in [5.74, 6) is 0. The van der Waals surface area contributed by atoms with Crippen molar-refractivity contribution >= 4 is 0 Å². The van der Waals surface area contributed by atoms with E-state index in [2.05, 4.69) is 34.8 Å². The topological polar surface area (TPSA) is 49.2 Å². The number of aromatic nitrogens is 2. The van der Waals surface area contributed by atoms with Gasteiger partial charge in [-0.2, -0.15) is 0 Å². The Morgan fingerprint density at radius 1 is 1.38 bits per heavy atom. The third-order valence-corrected chi connectivity index (χ3v) is 4.24. The number of allylic oxidation sites excluding steroid dienone is 2. The van der Waals surface area contributed by atoms with E-state index < -0.39 is 0 Å². The predicted molar refractivity (Wildman–Crippen MR) is 84.8 cm³/mol. The standard InChI is InChI=1S/C17H27N3O/c1-14(2)5-7-17(13-21)6-4-8-20(12-17)11-16-10-18-15(3)9-19-16/h5,9-10,21H,4,6-8,11-13H2,1-3H3/t17-/m0/s1. The number of aliphatic hydroxyl groups is 1. The van der Waals surface area contributed by atoms with E-state index in [0.717, 1.165) is 50.3 Å². The first-order valence-electron chi connectivity index (χ1n) is 7.77. The molecular formula is C17H27N3O. The van der Waals surface area contributed by atoms with Crippen LogP contribution >= 0.6 is 0 Å². The summed E-state index contributed by atoms with van der Waals surface area (Å²) in [6, 6.07) is 0. The average molecular weight is 289 g/mol. The zero-order chi connectivity index (χ0) is 15.3. The van der Waals surface area contributed by atoms with Crippen molar-refractivity contribution in [1.82, 2.24) is 14.9 Å². The lowest BCUT2D eigenvalue weighted by Crippen LogP contribution is -2.44. The van der Waals surface area contributed by atoms with E-state index in [1.54, 1.807) is 0 Å². The van der Waals surface area contributed by atoms with Gasteiger partial charge in [-0.15, -0.1) is 0 Å². The Kier molecular flexibility index (Phi) is 5.48. The number of aliphatic hydroxyl groups excluding tert-OH is 1. The van der Waals surface area contributed by atoms with Gasteiger partial charge in [0, 0.05) is 30.9 Å². The molecule has 21 heavy (non-hydrogen) atoms. The Bertz CT molecular complexity index is 479. The molecule has 4 heteroatoms.